The number of halogens is 1. The van der Waals surface area contributed by atoms with Gasteiger partial charge >= 0.3 is 6.09 Å². The molecule has 43 heavy (non-hydrogen) atoms. The molecular weight excluding hydrogens is 594 g/mol. The number of rotatable bonds is 10. The number of likely N-dealkylation sites (tertiary alicyclic amines) is 1. The number of ether oxygens (including phenoxy) is 3. The number of thiazole rings is 1. The molecular formula is C30H36ClN5O6S. The molecule has 2 N–H and O–H groups in total. The van der Waals surface area contributed by atoms with Crippen LogP contribution in [0.3, 0.4) is 0 Å². The maximum Gasteiger partial charge on any atom is 0.407 e. The number of carbonyl (C=O) groups is 3. The topological polar surface area (TPSA) is 132 Å². The fourth-order valence-electron chi connectivity index (χ4n) is 5.47. The first-order chi connectivity index (χ1) is 20.6. The number of fused-ring (bicyclic) bond motifs is 1. The molecule has 230 valence electrons. The highest BCUT2D eigenvalue weighted by atomic mass is 35.5. The molecule has 5 rings (SSSR count). The van der Waals surface area contributed by atoms with Crippen LogP contribution in [0.25, 0.3) is 22.3 Å². The van der Waals surface area contributed by atoms with Crippen LogP contribution in [0, 0.1) is 0 Å². The normalized spacial score (nSPS) is 18.7. The second-order valence-corrected chi connectivity index (χ2v) is 12.4. The summed E-state index contributed by atoms with van der Waals surface area (Å²) in [4.78, 5) is 48.9. The molecule has 1 saturated heterocycles. The molecule has 1 aromatic carbocycles. The van der Waals surface area contributed by atoms with E-state index in [0.717, 1.165) is 30.8 Å². The van der Waals surface area contributed by atoms with Gasteiger partial charge in [0.15, 0.2) is 10.9 Å². The van der Waals surface area contributed by atoms with Crippen molar-refractivity contribution < 1.29 is 28.6 Å². The molecule has 0 unspecified atom stereocenters. The van der Waals surface area contributed by atoms with E-state index in [1.54, 1.807) is 12.1 Å². The first-order valence-electron chi connectivity index (χ1n) is 14.4. The van der Waals surface area contributed by atoms with E-state index >= 15 is 0 Å². The van der Waals surface area contributed by atoms with E-state index < -0.39 is 18.2 Å². The van der Waals surface area contributed by atoms with E-state index in [9.17, 15) is 14.4 Å². The third-order valence-electron chi connectivity index (χ3n) is 7.55. The quantitative estimate of drug-likeness (QED) is 0.301. The largest absolute Gasteiger partial charge is 0.495 e. The van der Waals surface area contributed by atoms with Gasteiger partial charge in [-0.1, -0.05) is 11.6 Å². The number of alkyl carbamates (subject to hydrolysis) is 1. The lowest BCUT2D eigenvalue weighted by atomic mass is 10.1. The van der Waals surface area contributed by atoms with Gasteiger partial charge in [0, 0.05) is 29.3 Å². The number of benzene rings is 1. The molecule has 1 aliphatic heterocycles. The summed E-state index contributed by atoms with van der Waals surface area (Å²) in [5.74, 6) is 0.429. The summed E-state index contributed by atoms with van der Waals surface area (Å²) < 4.78 is 17.3. The fraction of sp³-hybridized carbons (Fsp3) is 0.500. The van der Waals surface area contributed by atoms with Gasteiger partial charge in [0.2, 0.25) is 5.91 Å². The van der Waals surface area contributed by atoms with Crippen LogP contribution in [-0.4, -0.2) is 77.1 Å². The molecule has 2 aliphatic rings. The molecule has 1 saturated carbocycles. The minimum Gasteiger partial charge on any atom is -0.495 e. The van der Waals surface area contributed by atoms with Crippen LogP contribution in [-0.2, 0) is 14.3 Å². The Morgan fingerprint density at radius 1 is 1.12 bits per heavy atom. The summed E-state index contributed by atoms with van der Waals surface area (Å²) in [5.41, 5.74) is 1.70. The van der Waals surface area contributed by atoms with Gasteiger partial charge in [-0.15, -0.1) is 11.3 Å². The van der Waals surface area contributed by atoms with Crippen molar-refractivity contribution in [2.24, 2.45) is 0 Å². The van der Waals surface area contributed by atoms with Gasteiger partial charge in [0.05, 0.1) is 30.9 Å². The summed E-state index contributed by atoms with van der Waals surface area (Å²) in [6.45, 7) is 5.43. The van der Waals surface area contributed by atoms with Crippen LogP contribution >= 0.6 is 22.9 Å². The molecule has 0 spiro atoms. The van der Waals surface area contributed by atoms with Gasteiger partial charge in [-0.2, -0.15) is 0 Å². The van der Waals surface area contributed by atoms with Crippen LogP contribution in [0.15, 0.2) is 23.6 Å². The number of amides is 2. The molecule has 13 heteroatoms. The lowest BCUT2D eigenvalue weighted by Gasteiger charge is -2.22. The zero-order valence-electron chi connectivity index (χ0n) is 24.6. The smallest absolute Gasteiger partial charge is 0.407 e. The zero-order valence-corrected chi connectivity index (χ0v) is 26.2. The Morgan fingerprint density at radius 2 is 1.88 bits per heavy atom. The Bertz CT molecular complexity index is 1510. The zero-order chi connectivity index (χ0) is 30.7. The summed E-state index contributed by atoms with van der Waals surface area (Å²) in [6, 6.07) is 4.90. The number of nitrogens with one attached hydrogen (secondary N) is 2. The summed E-state index contributed by atoms with van der Waals surface area (Å²) in [6.07, 6.45) is 2.80. The lowest BCUT2D eigenvalue weighted by molar-refractivity contribution is -0.136. The SMILES string of the molecule is COc1ccc2c(O[C@@H]3C[C@@H](C(C)=O)N(C(=O)CNC(=O)OC4CCCC4)C3)cc(-c3csc(NC(C)C)n3)nc2c1Cl. The monoisotopic (exact) mass is 629 g/mol. The molecule has 3 heterocycles. The Hall–Kier alpha value is -3.64. The Labute approximate surface area is 259 Å². The predicted octanol–water partition coefficient (Wildman–Crippen LogP) is 5.45. The summed E-state index contributed by atoms with van der Waals surface area (Å²) >= 11 is 8.16. The molecule has 0 radical (unpaired) electrons. The maximum atomic E-state index is 13.1. The second-order valence-electron chi connectivity index (χ2n) is 11.1. The number of anilines is 1. The highest BCUT2D eigenvalue weighted by molar-refractivity contribution is 7.14. The number of pyridine rings is 1. The minimum atomic E-state index is -0.676. The van der Waals surface area contributed by atoms with Gasteiger partial charge in [0.1, 0.15) is 41.0 Å². The van der Waals surface area contributed by atoms with Crippen LogP contribution in [0.2, 0.25) is 5.02 Å². The van der Waals surface area contributed by atoms with E-state index in [0.29, 0.717) is 45.2 Å². The molecule has 2 fully saturated rings. The second kappa shape index (κ2) is 13.3. The molecule has 11 nitrogen and oxygen atoms in total. The van der Waals surface area contributed by atoms with Crippen molar-refractivity contribution in [2.45, 2.75) is 77.2 Å². The molecule has 0 bridgehead atoms. The van der Waals surface area contributed by atoms with Gasteiger partial charge in [-0.3, -0.25) is 9.59 Å². The lowest BCUT2D eigenvalue weighted by Crippen LogP contribution is -2.45. The van der Waals surface area contributed by atoms with E-state index in [1.807, 2.05) is 25.3 Å². The van der Waals surface area contributed by atoms with Crippen molar-refractivity contribution in [1.29, 1.82) is 0 Å². The van der Waals surface area contributed by atoms with Gasteiger partial charge in [0.25, 0.3) is 0 Å². The molecule has 2 amide bonds. The van der Waals surface area contributed by atoms with E-state index in [1.165, 1.54) is 30.3 Å². The highest BCUT2D eigenvalue weighted by Crippen LogP contribution is 2.39. The van der Waals surface area contributed by atoms with Gasteiger partial charge < -0.3 is 29.7 Å². The first kappa shape index (κ1) is 30.8. The number of nitrogens with zero attached hydrogens (tertiary/aromatic N) is 3. The van der Waals surface area contributed by atoms with Crippen LogP contribution in [0.5, 0.6) is 11.5 Å². The van der Waals surface area contributed by atoms with Crippen molar-refractivity contribution in [2.75, 3.05) is 25.5 Å². The molecule has 3 aromatic rings. The Kier molecular flexibility index (Phi) is 9.55. The van der Waals surface area contributed by atoms with Gasteiger partial charge in [-0.25, -0.2) is 14.8 Å². The van der Waals surface area contributed by atoms with Crippen molar-refractivity contribution in [3.05, 3.63) is 28.6 Å². The molecule has 1 aliphatic carbocycles. The maximum absolute atomic E-state index is 13.1. The van der Waals surface area contributed by atoms with E-state index in [2.05, 4.69) is 15.6 Å². The average Bonchev–Trinajstić information content (AvgIpc) is 3.74. The molecule has 2 aromatic heterocycles. The number of hydrogen-bond acceptors (Lipinski definition) is 10. The summed E-state index contributed by atoms with van der Waals surface area (Å²) in [7, 11) is 1.54. The number of methoxy groups -OCH3 is 1. The molecule has 2 atom stereocenters. The van der Waals surface area contributed by atoms with Crippen molar-refractivity contribution >= 4 is 56.8 Å². The standard InChI is InChI=1S/C30H36ClN5O6S/c1-16(2)33-29-35-22(15-43-29)21-12-25(20-9-10-24(40-4)27(31)28(20)34-21)41-19-11-23(17(3)37)36(14-19)26(38)13-32-30(39)42-18-7-5-6-8-18/h9-10,12,15-16,18-19,23H,5-8,11,13-14H2,1-4H3,(H,32,39)(H,33,35)/t19-,23+/m1/s1. The van der Waals surface area contributed by atoms with Crippen LogP contribution in [0.4, 0.5) is 9.93 Å². The third-order valence-corrected chi connectivity index (χ3v) is 8.69. The Morgan fingerprint density at radius 3 is 2.58 bits per heavy atom. The number of ketones is 1. The van der Waals surface area contributed by atoms with Crippen LogP contribution in [0.1, 0.15) is 52.9 Å². The number of carbonyl (C=O) groups excluding carboxylic acids is 3. The Balaban J connectivity index is 1.37. The minimum absolute atomic E-state index is 0.111. The van der Waals surface area contributed by atoms with Crippen molar-refractivity contribution in [1.82, 2.24) is 20.2 Å². The van der Waals surface area contributed by atoms with Crippen molar-refractivity contribution in [3.8, 4) is 22.9 Å². The average molecular weight is 630 g/mol. The number of aromatic nitrogens is 2. The number of hydrogen-bond donors (Lipinski definition) is 2. The van der Waals surface area contributed by atoms with Gasteiger partial charge in [-0.05, 0) is 58.6 Å². The van der Waals surface area contributed by atoms with Crippen LogP contribution < -0.4 is 20.1 Å². The van der Waals surface area contributed by atoms with Crippen molar-refractivity contribution in [3.63, 3.8) is 0 Å². The highest BCUT2D eigenvalue weighted by Gasteiger charge is 2.39. The fourth-order valence-corrected chi connectivity index (χ4v) is 6.61. The summed E-state index contributed by atoms with van der Waals surface area (Å²) in [5, 5.41) is 9.51. The third kappa shape index (κ3) is 7.13. The van der Waals surface area contributed by atoms with E-state index in [4.69, 9.17) is 30.8 Å². The first-order valence-corrected chi connectivity index (χ1v) is 15.7. The number of Topliss-reactive ketones (excluding diaryl/α,β-unsaturated/α-hetero) is 1. The predicted molar refractivity (Wildman–Crippen MR) is 165 cm³/mol. The van der Waals surface area contributed by atoms with E-state index in [-0.39, 0.29) is 36.9 Å².